The molecule has 0 heterocycles. The van der Waals surface area contributed by atoms with Crippen molar-refractivity contribution in [3.8, 4) is 0 Å². The van der Waals surface area contributed by atoms with E-state index in [1.165, 1.54) is 5.56 Å². The summed E-state index contributed by atoms with van der Waals surface area (Å²) in [5.74, 6) is -0.130. The standard InChI is InChI=1S/C18H22N2O2/c1-15(18(21)20-17-10-6-3-7-11-17)22-13-12-19-14-16-8-4-2-5-9-16/h2-11,15,19H,12-14H2,1H3,(H,20,21). The molecule has 0 aliphatic carbocycles. The number of amides is 1. The lowest BCUT2D eigenvalue weighted by Crippen LogP contribution is -2.30. The van der Waals surface area contributed by atoms with Crippen LogP contribution in [0.25, 0.3) is 0 Å². The fourth-order valence-electron chi connectivity index (χ4n) is 1.98. The lowest BCUT2D eigenvalue weighted by atomic mass is 10.2. The Kier molecular flexibility index (Phi) is 6.61. The summed E-state index contributed by atoms with van der Waals surface area (Å²) in [4.78, 5) is 11.9. The Hall–Kier alpha value is -2.17. The van der Waals surface area contributed by atoms with Crippen LogP contribution in [0.3, 0.4) is 0 Å². The van der Waals surface area contributed by atoms with Gasteiger partial charge >= 0.3 is 0 Å². The first-order valence-electron chi connectivity index (χ1n) is 7.48. The van der Waals surface area contributed by atoms with E-state index in [0.29, 0.717) is 13.2 Å². The van der Waals surface area contributed by atoms with Crippen molar-refractivity contribution in [2.24, 2.45) is 0 Å². The van der Waals surface area contributed by atoms with E-state index in [-0.39, 0.29) is 5.91 Å². The van der Waals surface area contributed by atoms with Crippen molar-refractivity contribution in [3.05, 3.63) is 66.2 Å². The van der Waals surface area contributed by atoms with Crippen molar-refractivity contribution in [3.63, 3.8) is 0 Å². The zero-order valence-corrected chi connectivity index (χ0v) is 12.8. The number of nitrogens with one attached hydrogen (secondary N) is 2. The fraction of sp³-hybridized carbons (Fsp3) is 0.278. The van der Waals surface area contributed by atoms with Gasteiger partial charge in [0.1, 0.15) is 6.10 Å². The van der Waals surface area contributed by atoms with Gasteiger partial charge in [-0.1, -0.05) is 48.5 Å². The van der Waals surface area contributed by atoms with E-state index in [9.17, 15) is 4.79 Å². The van der Waals surface area contributed by atoms with Gasteiger partial charge in [-0.05, 0) is 24.6 Å². The van der Waals surface area contributed by atoms with E-state index in [0.717, 1.165) is 12.2 Å². The Labute approximate surface area is 131 Å². The first-order valence-corrected chi connectivity index (χ1v) is 7.48. The van der Waals surface area contributed by atoms with Crippen molar-refractivity contribution in [1.29, 1.82) is 0 Å². The van der Waals surface area contributed by atoms with E-state index in [1.807, 2.05) is 48.5 Å². The van der Waals surface area contributed by atoms with E-state index in [4.69, 9.17) is 4.74 Å². The van der Waals surface area contributed by atoms with Crippen LogP contribution in [-0.4, -0.2) is 25.2 Å². The average molecular weight is 298 g/mol. The third-order valence-electron chi connectivity index (χ3n) is 3.23. The van der Waals surface area contributed by atoms with Crippen molar-refractivity contribution in [2.75, 3.05) is 18.5 Å². The zero-order valence-electron chi connectivity index (χ0n) is 12.8. The van der Waals surface area contributed by atoms with Gasteiger partial charge in [0.25, 0.3) is 5.91 Å². The molecular formula is C18H22N2O2. The van der Waals surface area contributed by atoms with E-state index < -0.39 is 6.10 Å². The predicted molar refractivity (Wildman–Crippen MR) is 88.6 cm³/mol. The zero-order chi connectivity index (χ0) is 15.6. The molecule has 116 valence electrons. The number of anilines is 1. The lowest BCUT2D eigenvalue weighted by Gasteiger charge is -2.13. The highest BCUT2D eigenvalue weighted by Crippen LogP contribution is 2.06. The van der Waals surface area contributed by atoms with E-state index in [2.05, 4.69) is 22.8 Å². The molecule has 0 fully saturated rings. The molecule has 1 amide bonds. The molecule has 2 rings (SSSR count). The number of carbonyl (C=O) groups is 1. The highest BCUT2D eigenvalue weighted by Gasteiger charge is 2.12. The van der Waals surface area contributed by atoms with Gasteiger partial charge in [-0.25, -0.2) is 0 Å². The number of para-hydroxylation sites is 1. The monoisotopic (exact) mass is 298 g/mol. The van der Waals surface area contributed by atoms with Crippen LogP contribution in [0.5, 0.6) is 0 Å². The number of rotatable bonds is 8. The minimum absolute atomic E-state index is 0.130. The maximum atomic E-state index is 11.9. The van der Waals surface area contributed by atoms with Crippen molar-refractivity contribution < 1.29 is 9.53 Å². The normalized spacial score (nSPS) is 11.9. The smallest absolute Gasteiger partial charge is 0.253 e. The summed E-state index contributed by atoms with van der Waals surface area (Å²) in [6.07, 6.45) is -0.473. The maximum absolute atomic E-state index is 11.9. The van der Waals surface area contributed by atoms with Crippen LogP contribution in [-0.2, 0) is 16.1 Å². The number of ether oxygens (including phenoxy) is 1. The molecule has 1 unspecified atom stereocenters. The Bertz CT molecular complexity index is 558. The van der Waals surface area contributed by atoms with Gasteiger partial charge in [0.2, 0.25) is 0 Å². The topological polar surface area (TPSA) is 50.4 Å². The van der Waals surface area contributed by atoms with Gasteiger partial charge in [-0.15, -0.1) is 0 Å². The summed E-state index contributed by atoms with van der Waals surface area (Å²) >= 11 is 0. The third kappa shape index (κ3) is 5.68. The Morgan fingerprint density at radius 3 is 2.36 bits per heavy atom. The molecule has 1 atom stereocenters. The molecule has 22 heavy (non-hydrogen) atoms. The molecular weight excluding hydrogens is 276 g/mol. The second-order valence-corrected chi connectivity index (χ2v) is 5.03. The van der Waals surface area contributed by atoms with Crippen LogP contribution >= 0.6 is 0 Å². The molecule has 0 aromatic heterocycles. The minimum atomic E-state index is -0.473. The van der Waals surface area contributed by atoms with Gasteiger partial charge in [0.15, 0.2) is 0 Å². The third-order valence-corrected chi connectivity index (χ3v) is 3.23. The molecule has 2 aromatic rings. The fourth-order valence-corrected chi connectivity index (χ4v) is 1.98. The van der Waals surface area contributed by atoms with Crippen LogP contribution in [0.2, 0.25) is 0 Å². The molecule has 0 radical (unpaired) electrons. The van der Waals surface area contributed by atoms with Crippen LogP contribution in [0, 0.1) is 0 Å². The highest BCUT2D eigenvalue weighted by atomic mass is 16.5. The van der Waals surface area contributed by atoms with Crippen LogP contribution in [0.4, 0.5) is 5.69 Å². The van der Waals surface area contributed by atoms with Crippen molar-refractivity contribution in [2.45, 2.75) is 19.6 Å². The number of hydrogen-bond donors (Lipinski definition) is 2. The largest absolute Gasteiger partial charge is 0.367 e. The average Bonchev–Trinajstić information content (AvgIpc) is 2.56. The Morgan fingerprint density at radius 1 is 1.05 bits per heavy atom. The molecule has 0 saturated carbocycles. The Morgan fingerprint density at radius 2 is 1.68 bits per heavy atom. The summed E-state index contributed by atoms with van der Waals surface area (Å²) in [7, 11) is 0. The highest BCUT2D eigenvalue weighted by molar-refractivity contribution is 5.93. The van der Waals surface area contributed by atoms with Gasteiger partial charge in [-0.2, -0.15) is 0 Å². The van der Waals surface area contributed by atoms with Crippen molar-refractivity contribution in [1.82, 2.24) is 5.32 Å². The second kappa shape index (κ2) is 8.97. The summed E-state index contributed by atoms with van der Waals surface area (Å²) in [5.41, 5.74) is 2.02. The van der Waals surface area contributed by atoms with Gasteiger partial charge in [0, 0.05) is 18.8 Å². The number of hydrogen-bond acceptors (Lipinski definition) is 3. The van der Waals surface area contributed by atoms with E-state index >= 15 is 0 Å². The number of carbonyl (C=O) groups excluding carboxylic acids is 1. The molecule has 0 spiro atoms. The predicted octanol–water partition coefficient (Wildman–Crippen LogP) is 2.82. The summed E-state index contributed by atoms with van der Waals surface area (Å²) in [5, 5.41) is 6.11. The molecule has 2 N–H and O–H groups in total. The lowest BCUT2D eigenvalue weighted by molar-refractivity contribution is -0.126. The summed E-state index contributed by atoms with van der Waals surface area (Å²) in [6.45, 7) is 3.76. The first-order chi connectivity index (χ1) is 10.8. The van der Waals surface area contributed by atoms with Crippen LogP contribution in [0.1, 0.15) is 12.5 Å². The molecule has 0 aliphatic heterocycles. The quantitative estimate of drug-likeness (QED) is 0.737. The van der Waals surface area contributed by atoms with E-state index in [1.54, 1.807) is 6.92 Å². The summed E-state index contributed by atoms with van der Waals surface area (Å²) in [6, 6.07) is 19.6. The molecule has 0 aliphatic rings. The Balaban J connectivity index is 1.61. The SMILES string of the molecule is CC(OCCNCc1ccccc1)C(=O)Nc1ccccc1. The number of benzene rings is 2. The summed E-state index contributed by atoms with van der Waals surface area (Å²) < 4.78 is 5.54. The van der Waals surface area contributed by atoms with Crippen LogP contribution in [0.15, 0.2) is 60.7 Å². The molecule has 4 nitrogen and oxygen atoms in total. The molecule has 2 aromatic carbocycles. The van der Waals surface area contributed by atoms with Crippen LogP contribution < -0.4 is 10.6 Å². The molecule has 0 saturated heterocycles. The molecule has 0 bridgehead atoms. The van der Waals surface area contributed by atoms with Gasteiger partial charge in [0.05, 0.1) is 6.61 Å². The second-order valence-electron chi connectivity index (χ2n) is 5.03. The first kappa shape index (κ1) is 16.2. The van der Waals surface area contributed by atoms with Gasteiger partial charge < -0.3 is 15.4 Å². The van der Waals surface area contributed by atoms with Crippen molar-refractivity contribution >= 4 is 11.6 Å². The van der Waals surface area contributed by atoms with Gasteiger partial charge in [-0.3, -0.25) is 4.79 Å². The maximum Gasteiger partial charge on any atom is 0.253 e. The molecule has 4 heteroatoms. The minimum Gasteiger partial charge on any atom is -0.367 e.